The second-order valence-electron chi connectivity index (χ2n) is 4.89. The first-order valence-corrected chi connectivity index (χ1v) is 4.66. The van der Waals surface area contributed by atoms with E-state index in [0.717, 1.165) is 12.8 Å². The van der Waals surface area contributed by atoms with Gasteiger partial charge in [0.15, 0.2) is 0 Å². The molecule has 2 bridgehead atoms. The van der Waals surface area contributed by atoms with Crippen molar-refractivity contribution in [3.8, 4) is 0 Å². The number of carbonyl (C=O) groups excluding carboxylic acids is 1. The Morgan fingerprint density at radius 3 is 2.67 bits per heavy atom. The summed E-state index contributed by atoms with van der Waals surface area (Å²) < 4.78 is 5.16. The van der Waals surface area contributed by atoms with Gasteiger partial charge in [-0.2, -0.15) is 0 Å². The van der Waals surface area contributed by atoms with Gasteiger partial charge in [0.05, 0.1) is 12.0 Å². The Labute approximate surface area is 73.3 Å². The first-order valence-electron chi connectivity index (χ1n) is 4.66. The summed E-state index contributed by atoms with van der Waals surface area (Å²) in [5, 5.41) is 0. The molecule has 0 amide bonds. The largest absolute Gasteiger partial charge is 0.465 e. The molecule has 1 saturated heterocycles. The Morgan fingerprint density at radius 2 is 2.08 bits per heavy atom. The molecule has 2 aliphatic rings. The van der Waals surface area contributed by atoms with E-state index in [2.05, 4.69) is 20.8 Å². The summed E-state index contributed by atoms with van der Waals surface area (Å²) in [7, 11) is 0. The smallest absolute Gasteiger partial charge is 0.312 e. The molecule has 2 fully saturated rings. The molecule has 0 spiro atoms. The Balaban J connectivity index is 2.43. The van der Waals surface area contributed by atoms with Crippen LogP contribution in [0.5, 0.6) is 0 Å². The SMILES string of the molecule is CC1(C)C2CC[C@@]1(C)C(=O)OC2. The van der Waals surface area contributed by atoms with Gasteiger partial charge in [-0.05, 0) is 31.1 Å². The normalized spacial score (nSPS) is 44.2. The third-order valence-electron chi connectivity index (χ3n) is 4.30. The Hall–Kier alpha value is -0.530. The van der Waals surface area contributed by atoms with Crippen molar-refractivity contribution in [1.29, 1.82) is 0 Å². The molecular weight excluding hydrogens is 152 g/mol. The lowest BCUT2D eigenvalue weighted by molar-refractivity contribution is -0.173. The van der Waals surface area contributed by atoms with E-state index in [-0.39, 0.29) is 16.8 Å². The first kappa shape index (κ1) is 8.09. The van der Waals surface area contributed by atoms with Gasteiger partial charge in [-0.25, -0.2) is 0 Å². The van der Waals surface area contributed by atoms with E-state index in [9.17, 15) is 4.79 Å². The fourth-order valence-electron chi connectivity index (χ4n) is 2.59. The monoisotopic (exact) mass is 168 g/mol. The molecule has 1 aliphatic heterocycles. The highest BCUT2D eigenvalue weighted by Gasteiger charge is 2.59. The van der Waals surface area contributed by atoms with Gasteiger partial charge in [-0.3, -0.25) is 4.79 Å². The number of cyclic esters (lactones) is 1. The van der Waals surface area contributed by atoms with Crippen LogP contribution in [0.1, 0.15) is 33.6 Å². The summed E-state index contributed by atoms with van der Waals surface area (Å²) in [4.78, 5) is 11.6. The fraction of sp³-hybridized carbons (Fsp3) is 0.900. The molecule has 1 heterocycles. The molecule has 0 N–H and O–H groups in total. The van der Waals surface area contributed by atoms with Crippen LogP contribution in [-0.4, -0.2) is 12.6 Å². The molecule has 1 unspecified atom stereocenters. The van der Waals surface area contributed by atoms with E-state index < -0.39 is 0 Å². The van der Waals surface area contributed by atoms with Crippen LogP contribution in [0.3, 0.4) is 0 Å². The van der Waals surface area contributed by atoms with Gasteiger partial charge >= 0.3 is 5.97 Å². The lowest BCUT2D eigenvalue weighted by Crippen LogP contribution is -2.47. The Morgan fingerprint density at radius 1 is 1.42 bits per heavy atom. The summed E-state index contributed by atoms with van der Waals surface area (Å²) in [5.74, 6) is 0.599. The lowest BCUT2D eigenvalue weighted by atomic mass is 9.65. The average molecular weight is 168 g/mol. The summed E-state index contributed by atoms with van der Waals surface area (Å²) in [5.41, 5.74) is -0.0712. The highest BCUT2D eigenvalue weighted by Crippen LogP contribution is 2.58. The number of hydrogen-bond donors (Lipinski definition) is 0. The molecule has 2 atom stereocenters. The molecular formula is C10H16O2. The molecule has 0 aromatic heterocycles. The predicted molar refractivity (Wildman–Crippen MR) is 45.6 cm³/mol. The number of esters is 1. The highest BCUT2D eigenvalue weighted by atomic mass is 16.5. The van der Waals surface area contributed by atoms with Gasteiger partial charge in [-0.15, -0.1) is 0 Å². The minimum Gasteiger partial charge on any atom is -0.465 e. The van der Waals surface area contributed by atoms with Crippen LogP contribution >= 0.6 is 0 Å². The molecule has 68 valence electrons. The van der Waals surface area contributed by atoms with E-state index in [1.807, 2.05) is 0 Å². The van der Waals surface area contributed by atoms with E-state index in [1.54, 1.807) is 0 Å². The van der Waals surface area contributed by atoms with Crippen LogP contribution < -0.4 is 0 Å². The standard InChI is InChI=1S/C10H16O2/c1-9(2)7-4-5-10(9,3)8(11)12-6-7/h7H,4-6H2,1-3H3/t7?,10-/m0/s1. The highest BCUT2D eigenvalue weighted by molar-refractivity contribution is 5.79. The van der Waals surface area contributed by atoms with E-state index in [1.165, 1.54) is 0 Å². The van der Waals surface area contributed by atoms with Crippen molar-refractivity contribution < 1.29 is 9.53 Å². The van der Waals surface area contributed by atoms with Gasteiger partial charge in [-0.1, -0.05) is 13.8 Å². The van der Waals surface area contributed by atoms with Crippen LogP contribution in [0, 0.1) is 16.7 Å². The summed E-state index contributed by atoms with van der Waals surface area (Å²) in [6.07, 6.45) is 2.15. The molecule has 2 nitrogen and oxygen atoms in total. The van der Waals surface area contributed by atoms with E-state index in [4.69, 9.17) is 4.74 Å². The van der Waals surface area contributed by atoms with Crippen molar-refractivity contribution >= 4 is 5.97 Å². The summed E-state index contributed by atoms with van der Waals surface area (Å²) >= 11 is 0. The van der Waals surface area contributed by atoms with Crippen molar-refractivity contribution in [2.75, 3.05) is 6.61 Å². The van der Waals surface area contributed by atoms with Crippen LogP contribution in [0.25, 0.3) is 0 Å². The van der Waals surface area contributed by atoms with Gasteiger partial charge < -0.3 is 4.74 Å². The quantitative estimate of drug-likeness (QED) is 0.517. The zero-order chi connectivity index (χ0) is 8.98. The topological polar surface area (TPSA) is 26.3 Å². The summed E-state index contributed by atoms with van der Waals surface area (Å²) in [6.45, 7) is 7.09. The Kier molecular flexibility index (Phi) is 1.37. The molecule has 2 heteroatoms. The Bertz CT molecular complexity index is 232. The third-order valence-corrected chi connectivity index (χ3v) is 4.30. The maximum absolute atomic E-state index is 11.6. The maximum atomic E-state index is 11.6. The minimum absolute atomic E-state index is 0.0150. The molecule has 0 aromatic rings. The number of carbonyl (C=O) groups is 1. The number of rotatable bonds is 0. The van der Waals surface area contributed by atoms with Crippen LogP contribution in [0.2, 0.25) is 0 Å². The molecule has 0 aromatic carbocycles. The predicted octanol–water partition coefficient (Wildman–Crippen LogP) is 1.99. The maximum Gasteiger partial charge on any atom is 0.312 e. The molecule has 2 rings (SSSR count). The zero-order valence-corrected chi connectivity index (χ0v) is 8.02. The average Bonchev–Trinajstić information content (AvgIpc) is 2.17. The van der Waals surface area contributed by atoms with Gasteiger partial charge in [0.1, 0.15) is 0 Å². The second-order valence-corrected chi connectivity index (χ2v) is 4.89. The number of ether oxygens (including phenoxy) is 1. The van der Waals surface area contributed by atoms with Crippen molar-refractivity contribution in [3.05, 3.63) is 0 Å². The number of fused-ring (bicyclic) bond motifs is 2. The van der Waals surface area contributed by atoms with Gasteiger partial charge in [0.25, 0.3) is 0 Å². The number of hydrogen-bond acceptors (Lipinski definition) is 2. The van der Waals surface area contributed by atoms with Crippen LogP contribution in [-0.2, 0) is 9.53 Å². The zero-order valence-electron chi connectivity index (χ0n) is 8.02. The van der Waals surface area contributed by atoms with Crippen molar-refractivity contribution in [2.45, 2.75) is 33.6 Å². The van der Waals surface area contributed by atoms with Crippen LogP contribution in [0.15, 0.2) is 0 Å². The van der Waals surface area contributed by atoms with Gasteiger partial charge in [0, 0.05) is 0 Å². The summed E-state index contributed by atoms with van der Waals surface area (Å²) in [6, 6.07) is 0. The van der Waals surface area contributed by atoms with Crippen molar-refractivity contribution in [3.63, 3.8) is 0 Å². The second kappa shape index (κ2) is 2.04. The van der Waals surface area contributed by atoms with Crippen molar-refractivity contribution in [2.24, 2.45) is 16.7 Å². The van der Waals surface area contributed by atoms with Crippen LogP contribution in [0.4, 0.5) is 0 Å². The molecule has 12 heavy (non-hydrogen) atoms. The molecule has 1 saturated carbocycles. The minimum atomic E-state index is -0.212. The third kappa shape index (κ3) is 0.686. The molecule has 0 radical (unpaired) electrons. The van der Waals surface area contributed by atoms with E-state index >= 15 is 0 Å². The lowest BCUT2D eigenvalue weighted by Gasteiger charge is -2.43. The van der Waals surface area contributed by atoms with Gasteiger partial charge in [0.2, 0.25) is 0 Å². The fourth-order valence-corrected chi connectivity index (χ4v) is 2.59. The van der Waals surface area contributed by atoms with E-state index in [0.29, 0.717) is 12.5 Å². The van der Waals surface area contributed by atoms with Crippen molar-refractivity contribution in [1.82, 2.24) is 0 Å². The molecule has 1 aliphatic carbocycles. The first-order chi connectivity index (χ1) is 5.48.